The van der Waals surface area contributed by atoms with Gasteiger partial charge >= 0.3 is 0 Å². The van der Waals surface area contributed by atoms with E-state index in [4.69, 9.17) is 9.47 Å². The third-order valence-electron chi connectivity index (χ3n) is 4.49. The predicted octanol–water partition coefficient (Wildman–Crippen LogP) is 1.67. The normalized spacial score (nSPS) is 21.4. The van der Waals surface area contributed by atoms with Gasteiger partial charge in [-0.2, -0.15) is 0 Å². The Bertz CT molecular complexity index is 550. The highest BCUT2D eigenvalue weighted by Crippen LogP contribution is 2.31. The average molecular weight is 320 g/mol. The fourth-order valence-electron chi connectivity index (χ4n) is 2.87. The van der Waals surface area contributed by atoms with E-state index in [1.165, 1.54) is 0 Å². The number of aromatic nitrogens is 2. The Hall–Kier alpha value is -1.73. The highest BCUT2D eigenvalue weighted by atomic mass is 16.7. The van der Waals surface area contributed by atoms with E-state index < -0.39 is 5.79 Å². The van der Waals surface area contributed by atoms with Crippen LogP contribution in [0.1, 0.15) is 43.6 Å². The third-order valence-corrected chi connectivity index (χ3v) is 4.49. The highest BCUT2D eigenvalue weighted by molar-refractivity contribution is 5.92. The molecule has 1 unspecified atom stereocenters. The van der Waals surface area contributed by atoms with E-state index in [0.29, 0.717) is 50.8 Å². The van der Waals surface area contributed by atoms with E-state index in [-0.39, 0.29) is 11.9 Å². The summed E-state index contributed by atoms with van der Waals surface area (Å²) in [6, 6.07) is 1.93. The van der Waals surface area contributed by atoms with Gasteiger partial charge in [-0.15, -0.1) is 0 Å². The van der Waals surface area contributed by atoms with Crippen LogP contribution in [0.2, 0.25) is 0 Å². The zero-order chi connectivity index (χ0) is 16.3. The van der Waals surface area contributed by atoms with Crippen molar-refractivity contribution in [2.45, 2.75) is 44.9 Å². The van der Waals surface area contributed by atoms with Crippen LogP contribution in [0.4, 0.5) is 5.95 Å². The molecule has 23 heavy (non-hydrogen) atoms. The smallest absolute Gasteiger partial charge is 0.272 e. The van der Waals surface area contributed by atoms with Gasteiger partial charge in [-0.3, -0.25) is 4.79 Å². The Labute approximate surface area is 136 Å². The third kappa shape index (κ3) is 3.61. The molecule has 2 saturated heterocycles. The minimum absolute atomic E-state index is 0.0625. The van der Waals surface area contributed by atoms with Crippen LogP contribution in [0.25, 0.3) is 0 Å². The molecule has 2 fully saturated rings. The molecular formula is C16H24N4O3. The molecule has 2 aliphatic heterocycles. The summed E-state index contributed by atoms with van der Waals surface area (Å²) >= 11 is 0. The van der Waals surface area contributed by atoms with E-state index in [0.717, 1.165) is 6.42 Å². The maximum Gasteiger partial charge on any atom is 0.272 e. The molecule has 7 heteroatoms. The minimum atomic E-state index is -0.467. The van der Waals surface area contributed by atoms with Gasteiger partial charge in [0, 0.05) is 38.2 Å². The first kappa shape index (κ1) is 16.1. The fourth-order valence-corrected chi connectivity index (χ4v) is 2.87. The highest BCUT2D eigenvalue weighted by Gasteiger charge is 2.41. The van der Waals surface area contributed by atoms with Gasteiger partial charge in [-0.05, 0) is 19.4 Å². The summed E-state index contributed by atoms with van der Waals surface area (Å²) in [6.07, 6.45) is 4.01. The Morgan fingerprint density at radius 1 is 1.39 bits per heavy atom. The molecule has 1 aromatic rings. The van der Waals surface area contributed by atoms with Crippen molar-refractivity contribution >= 4 is 11.9 Å². The Balaban J connectivity index is 1.63. The maximum atomic E-state index is 12.6. The lowest BCUT2D eigenvalue weighted by molar-refractivity contribution is -0.181. The number of hydrogen-bond donors (Lipinski definition) is 1. The number of nitrogens with zero attached hydrogens (tertiary/aromatic N) is 3. The summed E-state index contributed by atoms with van der Waals surface area (Å²) < 4.78 is 11.4. The van der Waals surface area contributed by atoms with Gasteiger partial charge in [-0.25, -0.2) is 9.97 Å². The van der Waals surface area contributed by atoms with Crippen molar-refractivity contribution in [1.82, 2.24) is 14.9 Å². The molecule has 0 saturated carbocycles. The zero-order valence-electron chi connectivity index (χ0n) is 13.7. The molecule has 0 aromatic carbocycles. The molecule has 1 spiro atoms. The van der Waals surface area contributed by atoms with Crippen molar-refractivity contribution in [2.75, 3.05) is 31.6 Å². The lowest BCUT2D eigenvalue weighted by atomic mass is 10.0. The molecule has 126 valence electrons. The summed E-state index contributed by atoms with van der Waals surface area (Å²) in [7, 11) is 0. The van der Waals surface area contributed by atoms with Gasteiger partial charge in [0.05, 0.1) is 13.2 Å². The summed E-state index contributed by atoms with van der Waals surface area (Å²) in [5, 5.41) is 3.20. The second-order valence-electron chi connectivity index (χ2n) is 6.12. The Morgan fingerprint density at radius 3 is 2.74 bits per heavy atom. The van der Waals surface area contributed by atoms with Crippen molar-refractivity contribution in [1.29, 1.82) is 0 Å². The quantitative estimate of drug-likeness (QED) is 0.909. The van der Waals surface area contributed by atoms with Gasteiger partial charge < -0.3 is 19.7 Å². The van der Waals surface area contributed by atoms with E-state index >= 15 is 0 Å². The molecule has 1 aromatic heterocycles. The van der Waals surface area contributed by atoms with Crippen LogP contribution in [0.3, 0.4) is 0 Å². The number of piperidine rings is 1. The molecule has 1 N–H and O–H groups in total. The van der Waals surface area contributed by atoms with Crippen LogP contribution in [0.5, 0.6) is 0 Å². The van der Waals surface area contributed by atoms with Crippen LogP contribution in [0, 0.1) is 0 Å². The molecule has 7 nitrogen and oxygen atoms in total. The fraction of sp³-hybridized carbons (Fsp3) is 0.688. The number of rotatable bonds is 4. The van der Waals surface area contributed by atoms with Gasteiger partial charge in [-0.1, -0.05) is 6.92 Å². The topological polar surface area (TPSA) is 76.6 Å². The van der Waals surface area contributed by atoms with Crippen molar-refractivity contribution in [3.05, 3.63) is 18.0 Å². The molecule has 0 aliphatic carbocycles. The van der Waals surface area contributed by atoms with Gasteiger partial charge in [0.1, 0.15) is 5.69 Å². The van der Waals surface area contributed by atoms with Crippen molar-refractivity contribution < 1.29 is 14.3 Å². The molecule has 0 radical (unpaired) electrons. The Morgan fingerprint density at radius 2 is 2.09 bits per heavy atom. The predicted molar refractivity (Wildman–Crippen MR) is 85.2 cm³/mol. The number of anilines is 1. The van der Waals surface area contributed by atoms with Crippen molar-refractivity contribution in [2.24, 2.45) is 0 Å². The lowest BCUT2D eigenvalue weighted by Crippen LogP contribution is -2.47. The number of amides is 1. The second kappa shape index (κ2) is 6.80. The largest absolute Gasteiger partial charge is 0.352 e. The Kier molecular flexibility index (Phi) is 4.77. The van der Waals surface area contributed by atoms with Crippen LogP contribution in [0.15, 0.2) is 12.3 Å². The lowest BCUT2D eigenvalue weighted by Gasteiger charge is -2.37. The molecule has 2 aliphatic rings. The first-order valence-electron chi connectivity index (χ1n) is 8.29. The van der Waals surface area contributed by atoms with Crippen molar-refractivity contribution in [3.8, 4) is 0 Å². The van der Waals surface area contributed by atoms with Gasteiger partial charge in [0.2, 0.25) is 5.95 Å². The number of carbonyl (C=O) groups is 1. The summed E-state index contributed by atoms with van der Waals surface area (Å²) in [5.41, 5.74) is 0.426. The van der Waals surface area contributed by atoms with Gasteiger partial charge in [0.25, 0.3) is 5.91 Å². The number of carbonyl (C=O) groups excluding carboxylic acids is 1. The monoisotopic (exact) mass is 320 g/mol. The van der Waals surface area contributed by atoms with E-state index in [1.54, 1.807) is 12.3 Å². The summed E-state index contributed by atoms with van der Waals surface area (Å²) in [6.45, 7) is 6.68. The van der Waals surface area contributed by atoms with Crippen LogP contribution < -0.4 is 5.32 Å². The number of likely N-dealkylation sites (tertiary alicyclic amines) is 1. The van der Waals surface area contributed by atoms with Crippen LogP contribution in [-0.4, -0.2) is 58.9 Å². The first-order valence-corrected chi connectivity index (χ1v) is 8.29. The number of ether oxygens (including phenoxy) is 2. The van der Waals surface area contributed by atoms with Gasteiger partial charge in [0.15, 0.2) is 5.79 Å². The molecule has 0 bridgehead atoms. The van der Waals surface area contributed by atoms with Crippen molar-refractivity contribution in [3.63, 3.8) is 0 Å². The first-order chi connectivity index (χ1) is 11.1. The maximum absolute atomic E-state index is 12.6. The summed E-state index contributed by atoms with van der Waals surface area (Å²) in [4.78, 5) is 23.0. The number of nitrogens with one attached hydrogen (secondary N) is 1. The summed E-state index contributed by atoms with van der Waals surface area (Å²) in [5.74, 6) is -0.0280. The molecule has 3 rings (SSSR count). The van der Waals surface area contributed by atoms with E-state index in [9.17, 15) is 4.79 Å². The zero-order valence-corrected chi connectivity index (χ0v) is 13.7. The number of hydrogen-bond acceptors (Lipinski definition) is 6. The molecule has 3 heterocycles. The average Bonchev–Trinajstić information content (AvgIpc) is 3.03. The molecular weight excluding hydrogens is 296 g/mol. The standard InChI is InChI=1S/C16H24N4O3/c1-3-12(2)18-15-17-7-4-13(19-15)14(21)20-8-5-16(6-9-20)22-10-11-23-16/h4,7,12H,3,5-6,8-11H2,1-2H3,(H,17,18,19). The molecule has 1 atom stereocenters. The van der Waals surface area contributed by atoms with Crippen LogP contribution in [-0.2, 0) is 9.47 Å². The SMILES string of the molecule is CCC(C)Nc1nccc(C(=O)N2CCC3(CC2)OCCO3)n1. The van der Waals surface area contributed by atoms with E-state index in [2.05, 4.69) is 29.1 Å². The van der Waals surface area contributed by atoms with E-state index in [1.807, 2.05) is 4.90 Å². The van der Waals surface area contributed by atoms with Crippen LogP contribution >= 0.6 is 0 Å². The minimum Gasteiger partial charge on any atom is -0.352 e. The molecule has 1 amide bonds. The second-order valence-corrected chi connectivity index (χ2v) is 6.12.